The van der Waals surface area contributed by atoms with Crippen LogP contribution in [-0.2, 0) is 16.2 Å². The molecule has 1 N–H and O–H groups in total. The molecule has 0 aliphatic carbocycles. The van der Waals surface area contributed by atoms with E-state index in [-0.39, 0.29) is 5.57 Å². The zero-order chi connectivity index (χ0) is 24.4. The Bertz CT molecular complexity index is 1350. The van der Waals surface area contributed by atoms with Crippen molar-refractivity contribution < 1.29 is 19.1 Å². The molecule has 1 heterocycles. The maximum Gasteiger partial charge on any atom is 0.335 e. The average Bonchev–Trinajstić information content (AvgIpc) is 2.77. The number of benzene rings is 3. The monoisotopic (exact) mass is 518 g/mol. The molecular formula is C27H23BrN2O4. The number of hydrogen-bond acceptors (Lipinski definition) is 4. The molecule has 3 aromatic carbocycles. The quantitative estimate of drug-likeness (QED) is 0.351. The molecule has 1 aliphatic rings. The van der Waals surface area contributed by atoms with Crippen LogP contribution in [0.5, 0.6) is 5.75 Å². The van der Waals surface area contributed by atoms with Gasteiger partial charge in [-0.25, -0.2) is 9.69 Å². The number of imide groups is 2. The highest BCUT2D eigenvalue weighted by Crippen LogP contribution is 2.30. The van der Waals surface area contributed by atoms with E-state index in [9.17, 15) is 14.4 Å². The molecule has 6 nitrogen and oxygen atoms in total. The summed E-state index contributed by atoms with van der Waals surface area (Å²) in [6.07, 6.45) is 1.46. The average molecular weight is 519 g/mol. The number of hydrogen-bond donors (Lipinski definition) is 1. The highest BCUT2D eigenvalue weighted by Gasteiger charge is 2.37. The number of carbonyl (C=O) groups is 3. The number of nitrogens with one attached hydrogen (secondary N) is 1. The van der Waals surface area contributed by atoms with E-state index >= 15 is 0 Å². The van der Waals surface area contributed by atoms with E-state index in [2.05, 4.69) is 21.2 Å². The van der Waals surface area contributed by atoms with E-state index in [0.29, 0.717) is 23.6 Å². The number of carbonyl (C=O) groups excluding carboxylic acids is 3. The van der Waals surface area contributed by atoms with Crippen molar-refractivity contribution >= 4 is 45.5 Å². The van der Waals surface area contributed by atoms with Gasteiger partial charge in [0.15, 0.2) is 0 Å². The molecule has 1 saturated heterocycles. The third kappa shape index (κ3) is 4.94. The Hall–Kier alpha value is -3.71. The lowest BCUT2D eigenvalue weighted by molar-refractivity contribution is -0.122. The molecule has 7 heteroatoms. The standard InChI is InChI=1S/C27H23BrN2O4/c1-16-5-4-6-19(12-16)15-34-24-10-8-21(28)13-20(24)14-22-25(31)29-27(33)30(26(22)32)23-9-7-17(2)11-18(23)3/h4-14H,15H2,1-3H3,(H,29,31,33)/b22-14+. The van der Waals surface area contributed by atoms with Crippen molar-refractivity contribution in [2.75, 3.05) is 4.90 Å². The van der Waals surface area contributed by atoms with Gasteiger partial charge in [-0.2, -0.15) is 0 Å². The van der Waals surface area contributed by atoms with E-state index in [1.807, 2.05) is 63.2 Å². The third-order valence-corrected chi connectivity index (χ3v) is 5.94. The van der Waals surface area contributed by atoms with Gasteiger partial charge >= 0.3 is 6.03 Å². The summed E-state index contributed by atoms with van der Waals surface area (Å²) in [5, 5.41) is 2.28. The maximum atomic E-state index is 13.3. The van der Waals surface area contributed by atoms with Crippen LogP contribution in [0.2, 0.25) is 0 Å². The first kappa shape index (κ1) is 23.4. The number of urea groups is 1. The predicted molar refractivity (Wildman–Crippen MR) is 135 cm³/mol. The Morgan fingerprint density at radius 2 is 1.71 bits per heavy atom. The molecule has 1 fully saturated rings. The third-order valence-electron chi connectivity index (χ3n) is 5.44. The summed E-state index contributed by atoms with van der Waals surface area (Å²) in [6.45, 7) is 6.07. The minimum Gasteiger partial charge on any atom is -0.488 e. The highest BCUT2D eigenvalue weighted by molar-refractivity contribution is 9.10. The Morgan fingerprint density at radius 3 is 2.44 bits per heavy atom. The van der Waals surface area contributed by atoms with Crippen LogP contribution in [0.3, 0.4) is 0 Å². The minimum absolute atomic E-state index is 0.155. The zero-order valence-corrected chi connectivity index (χ0v) is 20.6. The summed E-state index contributed by atoms with van der Waals surface area (Å²) in [5.74, 6) is -0.932. The first-order valence-corrected chi connectivity index (χ1v) is 11.5. The van der Waals surface area contributed by atoms with E-state index in [4.69, 9.17) is 4.74 Å². The molecule has 0 bridgehead atoms. The first-order valence-electron chi connectivity index (χ1n) is 10.7. The van der Waals surface area contributed by atoms with Gasteiger partial charge in [0.05, 0.1) is 5.69 Å². The summed E-state index contributed by atoms with van der Waals surface area (Å²) in [7, 11) is 0. The molecular weight excluding hydrogens is 496 g/mol. The number of anilines is 1. The van der Waals surface area contributed by atoms with Crippen LogP contribution in [0.1, 0.15) is 27.8 Å². The number of nitrogens with zero attached hydrogens (tertiary/aromatic N) is 1. The second-order valence-electron chi connectivity index (χ2n) is 8.21. The van der Waals surface area contributed by atoms with Crippen LogP contribution in [0.15, 0.2) is 70.7 Å². The van der Waals surface area contributed by atoms with Gasteiger partial charge in [-0.05, 0) is 62.2 Å². The van der Waals surface area contributed by atoms with Gasteiger partial charge in [-0.15, -0.1) is 0 Å². The fraction of sp³-hybridized carbons (Fsp3) is 0.148. The second kappa shape index (κ2) is 9.65. The lowest BCUT2D eigenvalue weighted by Crippen LogP contribution is -2.54. The number of rotatable bonds is 5. The van der Waals surface area contributed by atoms with Gasteiger partial charge in [0.25, 0.3) is 11.8 Å². The van der Waals surface area contributed by atoms with Gasteiger partial charge in [0, 0.05) is 10.0 Å². The van der Waals surface area contributed by atoms with Crippen LogP contribution in [0, 0.1) is 20.8 Å². The number of ether oxygens (including phenoxy) is 1. The van der Waals surface area contributed by atoms with Crippen molar-refractivity contribution in [2.24, 2.45) is 0 Å². The zero-order valence-electron chi connectivity index (χ0n) is 19.0. The Morgan fingerprint density at radius 1 is 0.941 bits per heavy atom. The van der Waals surface area contributed by atoms with Crippen LogP contribution in [0.4, 0.5) is 10.5 Å². The molecule has 3 aromatic rings. The largest absolute Gasteiger partial charge is 0.488 e. The smallest absolute Gasteiger partial charge is 0.335 e. The van der Waals surface area contributed by atoms with Crippen LogP contribution in [0.25, 0.3) is 6.08 Å². The van der Waals surface area contributed by atoms with Crippen LogP contribution in [-0.4, -0.2) is 17.8 Å². The van der Waals surface area contributed by atoms with Crippen molar-refractivity contribution in [1.29, 1.82) is 0 Å². The summed E-state index contributed by atoms with van der Waals surface area (Å²) in [5.41, 5.74) is 4.69. The van der Waals surface area contributed by atoms with Crippen LogP contribution < -0.4 is 15.0 Å². The molecule has 0 unspecified atom stereocenters. The van der Waals surface area contributed by atoms with Crippen molar-refractivity contribution in [3.63, 3.8) is 0 Å². The Kier molecular flexibility index (Phi) is 6.65. The highest BCUT2D eigenvalue weighted by atomic mass is 79.9. The molecule has 0 atom stereocenters. The minimum atomic E-state index is -0.774. The second-order valence-corrected chi connectivity index (χ2v) is 9.12. The molecule has 4 amide bonds. The summed E-state index contributed by atoms with van der Waals surface area (Å²) < 4.78 is 6.78. The van der Waals surface area contributed by atoms with Gasteiger partial charge < -0.3 is 4.74 Å². The molecule has 4 rings (SSSR count). The van der Waals surface area contributed by atoms with E-state index in [1.54, 1.807) is 18.2 Å². The number of amides is 4. The molecule has 0 aromatic heterocycles. The van der Waals surface area contributed by atoms with Gasteiger partial charge in [-0.3, -0.25) is 14.9 Å². The molecule has 0 spiro atoms. The molecule has 172 valence electrons. The Labute approximate surface area is 206 Å². The summed E-state index contributed by atoms with van der Waals surface area (Å²) in [4.78, 5) is 39.5. The molecule has 0 saturated carbocycles. The fourth-order valence-electron chi connectivity index (χ4n) is 3.81. The van der Waals surface area contributed by atoms with Crippen molar-refractivity contribution in [3.05, 3.63) is 98.5 Å². The van der Waals surface area contributed by atoms with Gasteiger partial charge in [-0.1, -0.05) is 63.5 Å². The molecule has 34 heavy (non-hydrogen) atoms. The number of aryl methyl sites for hydroxylation is 3. The first-order chi connectivity index (χ1) is 16.2. The normalized spacial score (nSPS) is 15.0. The SMILES string of the molecule is Cc1cccc(COc2ccc(Br)cc2/C=C2\C(=O)NC(=O)N(c3ccc(C)cc3C)C2=O)c1. The fourth-order valence-corrected chi connectivity index (χ4v) is 4.19. The van der Waals surface area contributed by atoms with Crippen LogP contribution >= 0.6 is 15.9 Å². The maximum absolute atomic E-state index is 13.3. The topological polar surface area (TPSA) is 75.7 Å². The van der Waals surface area contributed by atoms with E-state index in [0.717, 1.165) is 31.6 Å². The van der Waals surface area contributed by atoms with Gasteiger partial charge in [0.2, 0.25) is 0 Å². The van der Waals surface area contributed by atoms with Crippen molar-refractivity contribution in [2.45, 2.75) is 27.4 Å². The lowest BCUT2D eigenvalue weighted by Gasteiger charge is -2.27. The number of halogens is 1. The van der Waals surface area contributed by atoms with Crippen molar-refractivity contribution in [1.82, 2.24) is 5.32 Å². The predicted octanol–water partition coefficient (Wildman–Crippen LogP) is 5.62. The van der Waals surface area contributed by atoms with Gasteiger partial charge in [0.1, 0.15) is 17.9 Å². The molecule has 1 aliphatic heterocycles. The summed E-state index contributed by atoms with van der Waals surface area (Å²) >= 11 is 3.44. The number of barbiturate groups is 1. The molecule has 0 radical (unpaired) electrons. The van der Waals surface area contributed by atoms with Crippen molar-refractivity contribution in [3.8, 4) is 5.75 Å². The summed E-state index contributed by atoms with van der Waals surface area (Å²) in [6, 6.07) is 17.9. The lowest BCUT2D eigenvalue weighted by atomic mass is 10.0. The Balaban J connectivity index is 1.69. The van der Waals surface area contributed by atoms with E-state index in [1.165, 1.54) is 6.08 Å². The van der Waals surface area contributed by atoms with E-state index < -0.39 is 17.8 Å².